The second-order valence-corrected chi connectivity index (χ2v) is 5.65. The maximum Gasteiger partial charge on any atom is 0.189 e. The zero-order valence-corrected chi connectivity index (χ0v) is 12.0. The Kier molecular flexibility index (Phi) is 4.38. The van der Waals surface area contributed by atoms with Crippen molar-refractivity contribution >= 4 is 40.7 Å². The molecule has 0 amide bonds. The largest absolute Gasteiger partial charge is 0.348 e. The zero-order valence-electron chi connectivity index (χ0n) is 9.69. The summed E-state index contributed by atoms with van der Waals surface area (Å²) in [4.78, 5) is 12.8. The van der Waals surface area contributed by atoms with E-state index in [0.717, 1.165) is 4.90 Å². The van der Waals surface area contributed by atoms with E-state index in [1.54, 1.807) is 18.2 Å². The molecule has 0 aliphatic heterocycles. The van der Waals surface area contributed by atoms with Gasteiger partial charge in [-0.1, -0.05) is 23.2 Å². The highest BCUT2D eigenvalue weighted by Gasteiger charge is 2.11. The average Bonchev–Trinajstić information content (AvgIpc) is 2.76. The fourth-order valence-corrected chi connectivity index (χ4v) is 2.92. The number of aryl methyl sites for hydroxylation is 1. The molecule has 0 N–H and O–H groups in total. The highest BCUT2D eigenvalue weighted by atomic mass is 35.5. The zero-order chi connectivity index (χ0) is 13.1. The molecule has 0 fully saturated rings. The van der Waals surface area contributed by atoms with Crippen molar-refractivity contribution in [2.24, 2.45) is 7.05 Å². The quantitative estimate of drug-likeness (QED) is 0.620. The molecule has 0 saturated carbocycles. The third kappa shape index (κ3) is 3.10. The molecular weight excluding hydrogens is 289 g/mol. The van der Waals surface area contributed by atoms with Crippen molar-refractivity contribution in [3.63, 3.8) is 0 Å². The van der Waals surface area contributed by atoms with Crippen LogP contribution in [0.5, 0.6) is 0 Å². The number of hydrogen-bond donors (Lipinski definition) is 0. The molecule has 5 heteroatoms. The van der Waals surface area contributed by atoms with Gasteiger partial charge in [-0.05, 0) is 30.3 Å². The number of aromatic nitrogens is 1. The van der Waals surface area contributed by atoms with Gasteiger partial charge in [-0.2, -0.15) is 0 Å². The van der Waals surface area contributed by atoms with Crippen molar-refractivity contribution in [2.45, 2.75) is 4.90 Å². The predicted molar refractivity (Wildman–Crippen MR) is 76.9 cm³/mol. The van der Waals surface area contributed by atoms with E-state index in [-0.39, 0.29) is 5.78 Å². The van der Waals surface area contributed by atoms with Crippen LogP contribution in [-0.4, -0.2) is 16.1 Å². The van der Waals surface area contributed by atoms with Crippen molar-refractivity contribution in [3.8, 4) is 0 Å². The van der Waals surface area contributed by atoms with Crippen LogP contribution in [0.15, 0.2) is 41.4 Å². The Hall–Kier alpha value is -0.900. The summed E-state index contributed by atoms with van der Waals surface area (Å²) in [5.41, 5.74) is 0.695. The van der Waals surface area contributed by atoms with Gasteiger partial charge in [0.1, 0.15) is 0 Å². The maximum absolute atomic E-state index is 12.0. The third-order valence-electron chi connectivity index (χ3n) is 2.48. The van der Waals surface area contributed by atoms with Crippen LogP contribution >= 0.6 is 35.0 Å². The first kappa shape index (κ1) is 13.5. The van der Waals surface area contributed by atoms with Crippen LogP contribution in [0.3, 0.4) is 0 Å². The lowest BCUT2D eigenvalue weighted by Gasteiger charge is -2.05. The summed E-state index contributed by atoms with van der Waals surface area (Å²) in [5.74, 6) is 0.418. The Morgan fingerprint density at radius 2 is 2.11 bits per heavy atom. The molecule has 0 unspecified atom stereocenters. The fourth-order valence-electron chi connectivity index (χ4n) is 1.56. The molecule has 0 radical (unpaired) electrons. The van der Waals surface area contributed by atoms with Crippen LogP contribution in [0.2, 0.25) is 10.0 Å². The highest BCUT2D eigenvalue weighted by molar-refractivity contribution is 8.00. The number of thioether (sulfide) groups is 1. The molecule has 1 aromatic carbocycles. The van der Waals surface area contributed by atoms with Crippen molar-refractivity contribution < 1.29 is 4.79 Å². The van der Waals surface area contributed by atoms with Crippen molar-refractivity contribution in [1.82, 2.24) is 4.57 Å². The van der Waals surface area contributed by atoms with Gasteiger partial charge >= 0.3 is 0 Å². The van der Waals surface area contributed by atoms with E-state index in [4.69, 9.17) is 23.2 Å². The molecule has 94 valence electrons. The molecule has 0 saturated heterocycles. The van der Waals surface area contributed by atoms with Gasteiger partial charge in [-0.3, -0.25) is 4.79 Å². The van der Waals surface area contributed by atoms with Gasteiger partial charge in [0.05, 0.1) is 16.5 Å². The van der Waals surface area contributed by atoms with Gasteiger partial charge in [-0.15, -0.1) is 11.8 Å². The topological polar surface area (TPSA) is 22.0 Å². The van der Waals surface area contributed by atoms with Crippen LogP contribution in [0, 0.1) is 0 Å². The van der Waals surface area contributed by atoms with Crippen molar-refractivity contribution in [2.75, 3.05) is 5.75 Å². The number of ketones is 1. The maximum atomic E-state index is 12.0. The minimum absolute atomic E-state index is 0.0727. The standard InChI is InChI=1S/C13H11Cl2NOS/c1-16-6-2-3-11(16)12(17)8-18-13-7-9(14)4-5-10(13)15/h2-7H,8H2,1H3. The van der Waals surface area contributed by atoms with Crippen molar-refractivity contribution in [3.05, 3.63) is 52.3 Å². The number of nitrogens with zero attached hydrogens (tertiary/aromatic N) is 1. The molecule has 2 aromatic rings. The minimum atomic E-state index is 0.0727. The first-order valence-corrected chi connectivity index (χ1v) is 7.04. The van der Waals surface area contributed by atoms with E-state index in [0.29, 0.717) is 21.5 Å². The lowest BCUT2D eigenvalue weighted by Crippen LogP contribution is -2.07. The van der Waals surface area contributed by atoms with Gasteiger partial charge in [0, 0.05) is 23.2 Å². The molecule has 2 rings (SSSR count). The summed E-state index contributed by atoms with van der Waals surface area (Å²) in [6.07, 6.45) is 1.85. The molecule has 0 bridgehead atoms. The van der Waals surface area contributed by atoms with Gasteiger partial charge in [0.15, 0.2) is 5.78 Å². The average molecular weight is 300 g/mol. The summed E-state index contributed by atoms with van der Waals surface area (Å²) in [6, 6.07) is 8.89. The molecule has 0 aliphatic carbocycles. The van der Waals surface area contributed by atoms with Crippen LogP contribution < -0.4 is 0 Å². The van der Waals surface area contributed by atoms with E-state index in [2.05, 4.69) is 0 Å². The Morgan fingerprint density at radius 1 is 1.33 bits per heavy atom. The lowest BCUT2D eigenvalue weighted by atomic mass is 10.3. The third-order valence-corrected chi connectivity index (χ3v) is 4.21. The smallest absolute Gasteiger partial charge is 0.189 e. The van der Waals surface area contributed by atoms with E-state index in [1.807, 2.05) is 29.9 Å². The molecule has 1 heterocycles. The van der Waals surface area contributed by atoms with Crippen LogP contribution in [0.1, 0.15) is 10.5 Å². The summed E-state index contributed by atoms with van der Waals surface area (Å²) < 4.78 is 1.81. The molecule has 2 nitrogen and oxygen atoms in total. The number of carbonyl (C=O) groups excluding carboxylic acids is 1. The van der Waals surface area contributed by atoms with Gasteiger partial charge in [0.2, 0.25) is 0 Å². The van der Waals surface area contributed by atoms with Crippen LogP contribution in [0.25, 0.3) is 0 Å². The number of halogens is 2. The first-order valence-electron chi connectivity index (χ1n) is 5.30. The highest BCUT2D eigenvalue weighted by Crippen LogP contribution is 2.30. The number of Topliss-reactive ketones (excluding diaryl/α,β-unsaturated/α-hetero) is 1. The van der Waals surface area contributed by atoms with Gasteiger partial charge in [-0.25, -0.2) is 0 Å². The molecule has 0 aliphatic rings. The van der Waals surface area contributed by atoms with E-state index in [1.165, 1.54) is 11.8 Å². The van der Waals surface area contributed by atoms with Gasteiger partial charge < -0.3 is 4.57 Å². The number of carbonyl (C=O) groups is 1. The number of hydrogen-bond acceptors (Lipinski definition) is 2. The summed E-state index contributed by atoms with van der Waals surface area (Å²) in [6.45, 7) is 0. The van der Waals surface area contributed by atoms with E-state index >= 15 is 0 Å². The Balaban J connectivity index is 2.06. The molecule has 1 aromatic heterocycles. The Bertz CT molecular complexity index is 580. The second-order valence-electron chi connectivity index (χ2n) is 3.79. The SMILES string of the molecule is Cn1cccc1C(=O)CSc1cc(Cl)ccc1Cl. The summed E-state index contributed by atoms with van der Waals surface area (Å²) in [5, 5.41) is 1.23. The first-order chi connectivity index (χ1) is 8.58. The van der Waals surface area contributed by atoms with Crippen LogP contribution in [-0.2, 0) is 7.05 Å². The van der Waals surface area contributed by atoms with Crippen LogP contribution in [0.4, 0.5) is 0 Å². The van der Waals surface area contributed by atoms with E-state index in [9.17, 15) is 4.79 Å². The second kappa shape index (κ2) is 5.83. The predicted octanol–water partition coefficient (Wildman–Crippen LogP) is 4.31. The minimum Gasteiger partial charge on any atom is -0.348 e. The number of rotatable bonds is 4. The van der Waals surface area contributed by atoms with E-state index < -0.39 is 0 Å². The normalized spacial score (nSPS) is 10.6. The number of benzene rings is 1. The molecular formula is C13H11Cl2NOS. The summed E-state index contributed by atoms with van der Waals surface area (Å²) >= 11 is 13.3. The van der Waals surface area contributed by atoms with Crippen molar-refractivity contribution in [1.29, 1.82) is 0 Å². The molecule has 0 atom stereocenters. The fraction of sp³-hybridized carbons (Fsp3) is 0.154. The monoisotopic (exact) mass is 299 g/mol. The Labute approximate surface area is 120 Å². The lowest BCUT2D eigenvalue weighted by molar-refractivity contribution is 0.101. The van der Waals surface area contributed by atoms with Gasteiger partial charge in [0.25, 0.3) is 0 Å². The Morgan fingerprint density at radius 3 is 2.78 bits per heavy atom. The summed E-state index contributed by atoms with van der Waals surface area (Å²) in [7, 11) is 1.85. The molecule has 0 spiro atoms. The molecule has 18 heavy (non-hydrogen) atoms.